The molecule has 1 unspecified atom stereocenters. The molecule has 1 heterocycles. The van der Waals surface area contributed by atoms with E-state index >= 15 is 0 Å². The minimum atomic E-state index is 0.0590. The first-order valence-corrected chi connectivity index (χ1v) is 5.62. The number of likely N-dealkylation sites (tertiary alicyclic amines) is 1. The number of likely N-dealkylation sites (N-methyl/N-ethyl adjacent to an activating group) is 1. The van der Waals surface area contributed by atoms with Gasteiger partial charge in [0.1, 0.15) is 0 Å². The fourth-order valence-corrected chi connectivity index (χ4v) is 1.59. The van der Waals surface area contributed by atoms with E-state index in [1.54, 1.807) is 0 Å². The highest BCUT2D eigenvalue weighted by Crippen LogP contribution is 2.09. The van der Waals surface area contributed by atoms with Crippen molar-refractivity contribution in [3.8, 4) is 0 Å². The van der Waals surface area contributed by atoms with E-state index in [2.05, 4.69) is 19.2 Å². The average Bonchev–Trinajstić information content (AvgIpc) is 2.16. The van der Waals surface area contributed by atoms with Crippen LogP contribution in [0.25, 0.3) is 0 Å². The summed E-state index contributed by atoms with van der Waals surface area (Å²) in [5, 5.41) is 3.27. The van der Waals surface area contributed by atoms with Crippen molar-refractivity contribution in [1.82, 2.24) is 10.2 Å². The molecular formula is C11H24N2O. The van der Waals surface area contributed by atoms with Crippen molar-refractivity contribution in [1.29, 1.82) is 0 Å². The molecule has 1 rings (SSSR count). The summed E-state index contributed by atoms with van der Waals surface area (Å²) in [7, 11) is 1.87. The van der Waals surface area contributed by atoms with Crippen LogP contribution >= 0.6 is 0 Å². The van der Waals surface area contributed by atoms with Gasteiger partial charge < -0.3 is 10.2 Å². The quantitative estimate of drug-likeness (QED) is 0.735. The number of piperidine rings is 1. The summed E-state index contributed by atoms with van der Waals surface area (Å²) in [6.45, 7) is 9.05. The van der Waals surface area contributed by atoms with Crippen LogP contribution in [0.3, 0.4) is 0 Å². The van der Waals surface area contributed by atoms with Crippen molar-refractivity contribution in [2.24, 2.45) is 0 Å². The van der Waals surface area contributed by atoms with Crippen molar-refractivity contribution in [3.05, 3.63) is 0 Å². The monoisotopic (exact) mass is 200 g/mol. The minimum Gasteiger partial charge on any atom is -0.344 e. The second-order valence-electron chi connectivity index (χ2n) is 3.78. The topological polar surface area (TPSA) is 32.3 Å². The molecule has 0 aromatic heterocycles. The lowest BCUT2D eigenvalue weighted by Gasteiger charge is -2.30. The Labute approximate surface area is 87.9 Å². The van der Waals surface area contributed by atoms with Crippen molar-refractivity contribution < 1.29 is 4.79 Å². The molecular weight excluding hydrogens is 176 g/mol. The third-order valence-electron chi connectivity index (χ3n) is 2.20. The average molecular weight is 200 g/mol. The highest BCUT2D eigenvalue weighted by atomic mass is 16.2. The summed E-state index contributed by atoms with van der Waals surface area (Å²) in [4.78, 5) is 13.3. The highest BCUT2D eigenvalue weighted by Gasteiger charge is 2.25. The van der Waals surface area contributed by atoms with Crippen molar-refractivity contribution >= 4 is 5.91 Å². The number of carbonyl (C=O) groups is 1. The number of nitrogens with one attached hydrogen (secondary N) is 1. The first-order valence-electron chi connectivity index (χ1n) is 5.62. The third-order valence-corrected chi connectivity index (χ3v) is 2.20. The van der Waals surface area contributed by atoms with Crippen LogP contribution in [-0.2, 0) is 4.79 Å². The van der Waals surface area contributed by atoms with Crippen LogP contribution in [0.4, 0.5) is 0 Å². The molecule has 1 fully saturated rings. The first-order chi connectivity index (χ1) is 6.61. The Balaban J connectivity index is 0.000000791. The van der Waals surface area contributed by atoms with Crippen LogP contribution in [0.1, 0.15) is 40.5 Å². The van der Waals surface area contributed by atoms with Gasteiger partial charge in [-0.1, -0.05) is 27.7 Å². The van der Waals surface area contributed by atoms with E-state index in [1.165, 1.54) is 0 Å². The predicted molar refractivity (Wildman–Crippen MR) is 60.3 cm³/mol. The fraction of sp³-hybridized carbons (Fsp3) is 0.909. The van der Waals surface area contributed by atoms with E-state index < -0.39 is 0 Å². The Morgan fingerprint density at radius 2 is 2.00 bits per heavy atom. The number of hydrogen-bond acceptors (Lipinski definition) is 2. The standard InChI is InChI=1S/C9H18N2O.C2H6/c1-7(2)10-8-5-4-6-11(3)9(8)12;1-2/h7-8,10H,4-6H2,1-3H3;1-2H3. The molecule has 1 aliphatic heterocycles. The highest BCUT2D eigenvalue weighted by molar-refractivity contribution is 5.82. The Morgan fingerprint density at radius 3 is 2.50 bits per heavy atom. The van der Waals surface area contributed by atoms with Crippen molar-refractivity contribution in [2.45, 2.75) is 52.6 Å². The van der Waals surface area contributed by atoms with E-state index in [0.29, 0.717) is 6.04 Å². The molecule has 1 N–H and O–H groups in total. The normalized spacial score (nSPS) is 22.0. The molecule has 84 valence electrons. The molecule has 1 amide bonds. The molecule has 0 aromatic rings. The van der Waals surface area contributed by atoms with Crippen LogP contribution in [0.2, 0.25) is 0 Å². The molecule has 14 heavy (non-hydrogen) atoms. The summed E-state index contributed by atoms with van der Waals surface area (Å²) in [6.07, 6.45) is 2.11. The molecule has 0 saturated carbocycles. The summed E-state index contributed by atoms with van der Waals surface area (Å²) >= 11 is 0. The largest absolute Gasteiger partial charge is 0.344 e. The van der Waals surface area contributed by atoms with Crippen LogP contribution in [0.15, 0.2) is 0 Å². The lowest BCUT2D eigenvalue weighted by molar-refractivity contribution is -0.134. The zero-order valence-electron chi connectivity index (χ0n) is 10.1. The minimum absolute atomic E-state index is 0.0590. The van der Waals surface area contributed by atoms with Gasteiger partial charge in [0, 0.05) is 19.6 Å². The van der Waals surface area contributed by atoms with Gasteiger partial charge in [-0.05, 0) is 12.8 Å². The van der Waals surface area contributed by atoms with E-state index in [4.69, 9.17) is 0 Å². The Kier molecular flexibility index (Phi) is 6.54. The smallest absolute Gasteiger partial charge is 0.239 e. The van der Waals surface area contributed by atoms with Crippen molar-refractivity contribution in [2.75, 3.05) is 13.6 Å². The third kappa shape index (κ3) is 4.09. The van der Waals surface area contributed by atoms with Crippen LogP contribution < -0.4 is 5.32 Å². The fourth-order valence-electron chi connectivity index (χ4n) is 1.59. The summed E-state index contributed by atoms with van der Waals surface area (Å²) in [5.74, 6) is 0.245. The van der Waals surface area contributed by atoms with E-state index in [9.17, 15) is 4.79 Å². The lowest BCUT2D eigenvalue weighted by Crippen LogP contribution is -2.50. The molecule has 0 bridgehead atoms. The van der Waals surface area contributed by atoms with Gasteiger partial charge in [-0.3, -0.25) is 4.79 Å². The molecule has 0 spiro atoms. The summed E-state index contributed by atoms with van der Waals surface area (Å²) < 4.78 is 0. The maximum absolute atomic E-state index is 11.5. The number of carbonyl (C=O) groups excluding carboxylic acids is 1. The zero-order valence-corrected chi connectivity index (χ0v) is 10.1. The first kappa shape index (κ1) is 13.4. The van der Waals surface area contributed by atoms with Crippen LogP contribution in [-0.4, -0.2) is 36.5 Å². The zero-order chi connectivity index (χ0) is 11.1. The molecule has 0 aromatic carbocycles. The summed E-state index contributed by atoms with van der Waals surface area (Å²) in [5.41, 5.74) is 0. The van der Waals surface area contributed by atoms with Gasteiger partial charge in [0.15, 0.2) is 0 Å². The maximum atomic E-state index is 11.5. The van der Waals surface area contributed by atoms with Gasteiger partial charge in [0.05, 0.1) is 6.04 Å². The SMILES string of the molecule is CC.CC(C)NC1CCCN(C)C1=O. The van der Waals surface area contributed by atoms with E-state index in [-0.39, 0.29) is 11.9 Å². The number of nitrogens with zero attached hydrogens (tertiary/aromatic N) is 1. The predicted octanol–water partition coefficient (Wildman–Crippen LogP) is 1.63. The van der Waals surface area contributed by atoms with E-state index in [1.807, 2.05) is 25.8 Å². The number of amides is 1. The molecule has 0 aliphatic carbocycles. The van der Waals surface area contributed by atoms with Crippen molar-refractivity contribution in [3.63, 3.8) is 0 Å². The maximum Gasteiger partial charge on any atom is 0.239 e. The Morgan fingerprint density at radius 1 is 1.43 bits per heavy atom. The molecule has 1 saturated heterocycles. The number of rotatable bonds is 2. The van der Waals surface area contributed by atoms with Gasteiger partial charge in [0.2, 0.25) is 5.91 Å². The molecule has 0 radical (unpaired) electrons. The second-order valence-corrected chi connectivity index (χ2v) is 3.78. The van der Waals surface area contributed by atoms with Gasteiger partial charge >= 0.3 is 0 Å². The van der Waals surface area contributed by atoms with Gasteiger partial charge in [0.25, 0.3) is 0 Å². The van der Waals surface area contributed by atoms with Crippen LogP contribution in [0.5, 0.6) is 0 Å². The summed E-state index contributed by atoms with van der Waals surface area (Å²) in [6, 6.07) is 0.453. The molecule has 3 nitrogen and oxygen atoms in total. The van der Waals surface area contributed by atoms with Gasteiger partial charge in [-0.15, -0.1) is 0 Å². The van der Waals surface area contributed by atoms with Gasteiger partial charge in [-0.25, -0.2) is 0 Å². The molecule has 3 heteroatoms. The lowest BCUT2D eigenvalue weighted by atomic mass is 10.0. The van der Waals surface area contributed by atoms with Crippen LogP contribution in [0, 0.1) is 0 Å². The van der Waals surface area contributed by atoms with E-state index in [0.717, 1.165) is 19.4 Å². The molecule has 1 atom stereocenters. The second kappa shape index (κ2) is 6.82. The van der Waals surface area contributed by atoms with Gasteiger partial charge in [-0.2, -0.15) is 0 Å². The molecule has 1 aliphatic rings. The Bertz CT molecular complexity index is 169. The number of hydrogen-bond donors (Lipinski definition) is 1. The Hall–Kier alpha value is -0.570.